The normalized spacial score (nSPS) is 11.7. The van der Waals surface area contributed by atoms with Gasteiger partial charge in [0.1, 0.15) is 6.04 Å². The molecule has 0 saturated heterocycles. The summed E-state index contributed by atoms with van der Waals surface area (Å²) in [6.07, 6.45) is 0. The lowest BCUT2D eigenvalue weighted by Gasteiger charge is -2.14. The molecule has 0 radical (unpaired) electrons. The fourth-order valence-electron chi connectivity index (χ4n) is 2.78. The number of carbonyl (C=O) groups is 3. The van der Waals surface area contributed by atoms with E-state index in [1.165, 1.54) is 11.3 Å². The number of nitrogens with zero attached hydrogens (tertiary/aromatic N) is 1. The molecular weight excluding hydrogens is 390 g/mol. The van der Waals surface area contributed by atoms with Crippen LogP contribution in [0.1, 0.15) is 24.2 Å². The Balaban J connectivity index is 1.75. The van der Waals surface area contributed by atoms with Crippen LogP contribution in [0.15, 0.2) is 47.8 Å². The summed E-state index contributed by atoms with van der Waals surface area (Å²) in [5.41, 5.74) is 1.67. The van der Waals surface area contributed by atoms with Gasteiger partial charge in [-0.15, -0.1) is 11.3 Å². The van der Waals surface area contributed by atoms with Crippen molar-refractivity contribution >= 4 is 40.0 Å². The fraction of sp³-hybridized carbons (Fsp3) is 0.238. The second kappa shape index (κ2) is 9.29. The summed E-state index contributed by atoms with van der Waals surface area (Å²) in [6, 6.07) is 12.1. The standard InChI is InChI=1S/C21H21N3O4S/c1-3-22-20(26)13(2)23-19(25)12-28-21(27)15-11-17(18-9-6-10-29-18)24-16-8-5-4-7-14(15)16/h4-11,13H,3,12H2,1-2H3,(H,22,26)(H,23,25)/t13-/m0/s1. The van der Waals surface area contributed by atoms with Crippen LogP contribution in [0.5, 0.6) is 0 Å². The molecule has 0 spiro atoms. The molecule has 0 fully saturated rings. The molecule has 29 heavy (non-hydrogen) atoms. The lowest BCUT2D eigenvalue weighted by atomic mass is 10.1. The van der Waals surface area contributed by atoms with E-state index in [1.807, 2.05) is 35.7 Å². The summed E-state index contributed by atoms with van der Waals surface area (Å²) in [7, 11) is 0. The van der Waals surface area contributed by atoms with Gasteiger partial charge < -0.3 is 15.4 Å². The van der Waals surface area contributed by atoms with E-state index in [-0.39, 0.29) is 5.91 Å². The zero-order chi connectivity index (χ0) is 20.8. The summed E-state index contributed by atoms with van der Waals surface area (Å²) in [5, 5.41) is 7.70. The van der Waals surface area contributed by atoms with Crippen LogP contribution in [0.2, 0.25) is 0 Å². The molecule has 0 aliphatic rings. The Bertz CT molecular complexity index is 1030. The number of amides is 2. The third-order valence-electron chi connectivity index (χ3n) is 4.17. The van der Waals surface area contributed by atoms with Crippen molar-refractivity contribution in [2.24, 2.45) is 0 Å². The van der Waals surface area contributed by atoms with Gasteiger partial charge in [0, 0.05) is 11.9 Å². The number of likely N-dealkylation sites (N-methyl/N-ethyl adjacent to an activating group) is 1. The number of benzene rings is 1. The van der Waals surface area contributed by atoms with Gasteiger partial charge in [-0.2, -0.15) is 0 Å². The number of hydrogen-bond acceptors (Lipinski definition) is 6. The number of fused-ring (bicyclic) bond motifs is 1. The van der Waals surface area contributed by atoms with Crippen molar-refractivity contribution in [3.8, 4) is 10.6 Å². The highest BCUT2D eigenvalue weighted by Gasteiger charge is 2.19. The van der Waals surface area contributed by atoms with Gasteiger partial charge in [0.05, 0.1) is 21.7 Å². The highest BCUT2D eigenvalue weighted by Crippen LogP contribution is 2.28. The number of thiophene rings is 1. The van der Waals surface area contributed by atoms with E-state index in [1.54, 1.807) is 26.0 Å². The van der Waals surface area contributed by atoms with Crippen molar-refractivity contribution in [2.45, 2.75) is 19.9 Å². The lowest BCUT2D eigenvalue weighted by molar-refractivity contribution is -0.130. The maximum atomic E-state index is 12.7. The molecule has 0 aliphatic carbocycles. The number of rotatable bonds is 7. The Morgan fingerprint density at radius 3 is 2.69 bits per heavy atom. The topological polar surface area (TPSA) is 97.4 Å². The van der Waals surface area contributed by atoms with Crippen LogP contribution in [0.3, 0.4) is 0 Å². The molecule has 2 amide bonds. The molecule has 150 valence electrons. The second-order valence-corrected chi connectivity index (χ2v) is 7.26. The third-order valence-corrected chi connectivity index (χ3v) is 5.06. The zero-order valence-corrected chi connectivity index (χ0v) is 16.9. The summed E-state index contributed by atoms with van der Waals surface area (Å²) >= 11 is 1.52. The third kappa shape index (κ3) is 4.97. The zero-order valence-electron chi connectivity index (χ0n) is 16.1. The predicted octanol–water partition coefficient (Wildman–Crippen LogP) is 2.76. The molecule has 7 nitrogen and oxygen atoms in total. The van der Waals surface area contributed by atoms with Crippen LogP contribution in [0, 0.1) is 0 Å². The van der Waals surface area contributed by atoms with E-state index in [9.17, 15) is 14.4 Å². The average molecular weight is 411 g/mol. The molecule has 0 unspecified atom stereocenters. The van der Waals surface area contributed by atoms with Gasteiger partial charge in [-0.05, 0) is 37.4 Å². The summed E-state index contributed by atoms with van der Waals surface area (Å²) in [5.74, 6) is -1.47. The van der Waals surface area contributed by atoms with E-state index >= 15 is 0 Å². The first-order valence-electron chi connectivity index (χ1n) is 9.17. The first-order valence-corrected chi connectivity index (χ1v) is 10.1. The van der Waals surface area contributed by atoms with Crippen LogP contribution in [-0.2, 0) is 14.3 Å². The minimum absolute atomic E-state index is 0.298. The highest BCUT2D eigenvalue weighted by molar-refractivity contribution is 7.13. The van der Waals surface area contributed by atoms with Crippen molar-refractivity contribution < 1.29 is 19.1 Å². The SMILES string of the molecule is CCNC(=O)[C@H](C)NC(=O)COC(=O)c1cc(-c2cccs2)nc2ccccc12. The molecule has 2 heterocycles. The quantitative estimate of drug-likeness (QED) is 0.583. The van der Waals surface area contributed by atoms with Gasteiger partial charge in [0.15, 0.2) is 6.61 Å². The van der Waals surface area contributed by atoms with Gasteiger partial charge in [0.25, 0.3) is 5.91 Å². The minimum atomic E-state index is -0.715. The molecule has 3 rings (SSSR count). The smallest absolute Gasteiger partial charge is 0.339 e. The monoisotopic (exact) mass is 411 g/mol. The van der Waals surface area contributed by atoms with Crippen LogP contribution in [-0.4, -0.2) is 42.0 Å². The van der Waals surface area contributed by atoms with Gasteiger partial charge in [-0.1, -0.05) is 24.3 Å². The molecule has 8 heteroatoms. The molecule has 1 atom stereocenters. The minimum Gasteiger partial charge on any atom is -0.452 e. The summed E-state index contributed by atoms with van der Waals surface area (Å²) in [6.45, 7) is 3.34. The highest BCUT2D eigenvalue weighted by atomic mass is 32.1. The number of nitrogens with one attached hydrogen (secondary N) is 2. The lowest BCUT2D eigenvalue weighted by Crippen LogP contribution is -2.46. The second-order valence-electron chi connectivity index (χ2n) is 6.31. The number of carbonyl (C=O) groups excluding carboxylic acids is 3. The number of hydrogen-bond donors (Lipinski definition) is 2. The van der Waals surface area contributed by atoms with Crippen molar-refractivity contribution in [1.82, 2.24) is 15.6 Å². The Kier molecular flexibility index (Phi) is 6.56. The maximum absolute atomic E-state index is 12.7. The van der Waals surface area contributed by atoms with E-state index in [0.717, 1.165) is 4.88 Å². The van der Waals surface area contributed by atoms with E-state index in [0.29, 0.717) is 28.7 Å². The number of ether oxygens (including phenoxy) is 1. The molecule has 2 N–H and O–H groups in total. The molecule has 3 aromatic rings. The van der Waals surface area contributed by atoms with Crippen LogP contribution >= 0.6 is 11.3 Å². The molecule has 1 aromatic carbocycles. The molecule has 2 aromatic heterocycles. The predicted molar refractivity (Wildman–Crippen MR) is 112 cm³/mol. The van der Waals surface area contributed by atoms with E-state index in [2.05, 4.69) is 15.6 Å². The van der Waals surface area contributed by atoms with Gasteiger partial charge in [0.2, 0.25) is 5.91 Å². The Hall–Kier alpha value is -3.26. The molecule has 0 aliphatic heterocycles. The Morgan fingerprint density at radius 2 is 1.97 bits per heavy atom. The first kappa shape index (κ1) is 20.5. The number of para-hydroxylation sites is 1. The van der Waals surface area contributed by atoms with Crippen molar-refractivity contribution in [3.63, 3.8) is 0 Å². The average Bonchev–Trinajstić information content (AvgIpc) is 3.26. The first-order chi connectivity index (χ1) is 14.0. The van der Waals surface area contributed by atoms with Gasteiger partial charge in [-0.25, -0.2) is 9.78 Å². The Morgan fingerprint density at radius 1 is 1.17 bits per heavy atom. The van der Waals surface area contributed by atoms with Crippen LogP contribution < -0.4 is 10.6 Å². The fourth-order valence-corrected chi connectivity index (χ4v) is 3.47. The number of pyridine rings is 1. The van der Waals surface area contributed by atoms with Crippen molar-refractivity contribution in [3.05, 3.63) is 53.4 Å². The molecule has 0 saturated carbocycles. The van der Waals surface area contributed by atoms with Crippen LogP contribution in [0.4, 0.5) is 0 Å². The van der Waals surface area contributed by atoms with E-state index < -0.39 is 24.5 Å². The van der Waals surface area contributed by atoms with Crippen molar-refractivity contribution in [2.75, 3.05) is 13.2 Å². The van der Waals surface area contributed by atoms with Crippen molar-refractivity contribution in [1.29, 1.82) is 0 Å². The summed E-state index contributed by atoms with van der Waals surface area (Å²) in [4.78, 5) is 42.0. The largest absolute Gasteiger partial charge is 0.452 e. The van der Waals surface area contributed by atoms with Gasteiger partial charge >= 0.3 is 5.97 Å². The molecule has 0 bridgehead atoms. The van der Waals surface area contributed by atoms with E-state index in [4.69, 9.17) is 4.74 Å². The molecular formula is C21H21N3O4S. The maximum Gasteiger partial charge on any atom is 0.339 e. The number of aromatic nitrogens is 1. The van der Waals surface area contributed by atoms with Gasteiger partial charge in [-0.3, -0.25) is 9.59 Å². The Labute approximate surface area is 172 Å². The van der Waals surface area contributed by atoms with Crippen LogP contribution in [0.25, 0.3) is 21.5 Å². The number of esters is 1. The summed E-state index contributed by atoms with van der Waals surface area (Å²) < 4.78 is 5.20.